The summed E-state index contributed by atoms with van der Waals surface area (Å²) in [7, 11) is 0. The number of hydrogen-bond donors (Lipinski definition) is 3. The Hall–Kier alpha value is -0.410. The number of rotatable bonds is 1. The van der Waals surface area contributed by atoms with Crippen LogP contribution in [0.2, 0.25) is 0 Å². The van der Waals surface area contributed by atoms with E-state index in [1.807, 2.05) is 0 Å². The molecular weight excluding hydrogens is 216 g/mol. The van der Waals surface area contributed by atoms with Crippen LogP contribution >= 0.6 is 12.6 Å². The van der Waals surface area contributed by atoms with Gasteiger partial charge in [0.25, 0.3) is 0 Å². The zero-order valence-electron chi connectivity index (χ0n) is 10.1. The lowest BCUT2D eigenvalue weighted by Gasteiger charge is -2.15. The molecule has 1 fully saturated rings. The quantitative estimate of drug-likeness (QED) is 0.645. The summed E-state index contributed by atoms with van der Waals surface area (Å²) in [5.41, 5.74) is 4.80. The van der Waals surface area contributed by atoms with Crippen LogP contribution in [0.3, 0.4) is 0 Å². The fourth-order valence-electron chi connectivity index (χ4n) is 2.92. The number of H-pyrrole nitrogens is 1. The van der Waals surface area contributed by atoms with E-state index in [1.54, 1.807) is 17.4 Å². The van der Waals surface area contributed by atoms with Crippen molar-refractivity contribution in [2.24, 2.45) is 0 Å². The molecule has 1 saturated heterocycles. The van der Waals surface area contributed by atoms with Gasteiger partial charge in [0.05, 0.1) is 0 Å². The first-order valence-corrected chi connectivity index (χ1v) is 7.19. The molecule has 3 rings (SSSR count). The molecule has 2 N–H and O–H groups in total. The summed E-state index contributed by atoms with van der Waals surface area (Å²) in [6, 6.07) is 0. The van der Waals surface area contributed by atoms with E-state index in [2.05, 4.69) is 29.1 Å². The van der Waals surface area contributed by atoms with E-state index < -0.39 is 0 Å². The minimum Gasteiger partial charge on any atom is -0.364 e. The van der Waals surface area contributed by atoms with Gasteiger partial charge in [-0.2, -0.15) is 12.6 Å². The van der Waals surface area contributed by atoms with Crippen LogP contribution in [0.15, 0.2) is 6.20 Å². The van der Waals surface area contributed by atoms with Gasteiger partial charge < -0.3 is 10.3 Å². The van der Waals surface area contributed by atoms with E-state index in [-0.39, 0.29) is 0 Å². The summed E-state index contributed by atoms with van der Waals surface area (Å²) in [6.07, 6.45) is 10.6. The van der Waals surface area contributed by atoms with Crippen molar-refractivity contribution in [2.45, 2.75) is 38.0 Å². The van der Waals surface area contributed by atoms with Crippen LogP contribution in [0, 0.1) is 0 Å². The topological polar surface area (TPSA) is 27.8 Å². The maximum absolute atomic E-state index is 3.53. The smallest absolute Gasteiger partial charge is 0.0182 e. The van der Waals surface area contributed by atoms with E-state index in [1.165, 1.54) is 50.9 Å². The summed E-state index contributed by atoms with van der Waals surface area (Å²) >= 11 is 3.53. The van der Waals surface area contributed by atoms with Gasteiger partial charge in [-0.05, 0) is 61.9 Å². The highest BCUT2D eigenvalue weighted by atomic mass is 32.1. The molecule has 0 spiro atoms. The van der Waals surface area contributed by atoms with E-state index in [0.717, 1.165) is 5.92 Å². The molecule has 2 heterocycles. The molecule has 0 aromatic carbocycles. The van der Waals surface area contributed by atoms with Crippen LogP contribution in [-0.2, 0) is 12.8 Å². The zero-order chi connectivity index (χ0) is 11.4. The summed E-state index contributed by atoms with van der Waals surface area (Å²) in [6.45, 7) is 2.38. The van der Waals surface area contributed by atoms with E-state index >= 15 is 0 Å². The minimum absolute atomic E-state index is 0.785. The molecule has 0 saturated carbocycles. The van der Waals surface area contributed by atoms with Gasteiger partial charge in [0.15, 0.2) is 0 Å². The first kappa shape index (κ1) is 12.1. The Labute approximate surface area is 104 Å². The van der Waals surface area contributed by atoms with Crippen LogP contribution in [-0.4, -0.2) is 24.3 Å². The fraction of sp³-hybridized carbons (Fsp3) is 0.692. The maximum Gasteiger partial charge on any atom is 0.0182 e. The van der Waals surface area contributed by atoms with Crippen molar-refractivity contribution in [3.63, 3.8) is 0 Å². The van der Waals surface area contributed by atoms with Crippen LogP contribution in [0.5, 0.6) is 0 Å². The average molecular weight is 238 g/mol. The normalized spacial score (nSPS) is 23.5. The minimum atomic E-state index is 0.785. The highest BCUT2D eigenvalue weighted by Crippen LogP contribution is 2.31. The first-order valence-electron chi connectivity index (χ1n) is 6.29. The van der Waals surface area contributed by atoms with Gasteiger partial charge in [-0.25, -0.2) is 0 Å². The molecule has 1 atom stereocenters. The van der Waals surface area contributed by atoms with E-state index in [4.69, 9.17) is 0 Å². The molecule has 3 heteroatoms. The third-order valence-electron chi connectivity index (χ3n) is 3.72. The molecule has 1 aliphatic carbocycles. The third kappa shape index (κ3) is 2.30. The summed E-state index contributed by atoms with van der Waals surface area (Å²) in [4.78, 5) is 3.48. The van der Waals surface area contributed by atoms with Gasteiger partial charge in [0.1, 0.15) is 0 Å². The first-order chi connectivity index (χ1) is 7.95. The Bertz CT molecular complexity index is 327. The number of fused-ring (bicyclic) bond motifs is 1. The fourth-order valence-corrected chi connectivity index (χ4v) is 2.92. The van der Waals surface area contributed by atoms with Crippen LogP contribution in [0.4, 0.5) is 0 Å². The standard InChI is InChI=1S/C12H18N2.CH4S/c1-2-4-12-10(3-1)11(8-14-12)9-5-6-13-7-9;1-2/h8-9,13-14H,1-7H2;2H,1H3. The Morgan fingerprint density at radius 1 is 1.25 bits per heavy atom. The second-order valence-electron chi connectivity index (χ2n) is 4.60. The summed E-state index contributed by atoms with van der Waals surface area (Å²) < 4.78 is 0. The van der Waals surface area contributed by atoms with Gasteiger partial charge >= 0.3 is 0 Å². The van der Waals surface area contributed by atoms with Crippen molar-refractivity contribution in [3.05, 3.63) is 23.0 Å². The number of aromatic amines is 1. The highest BCUT2D eigenvalue weighted by Gasteiger charge is 2.23. The molecule has 1 aromatic heterocycles. The van der Waals surface area contributed by atoms with Crippen molar-refractivity contribution in [1.29, 1.82) is 0 Å². The Kier molecular flexibility index (Phi) is 4.36. The highest BCUT2D eigenvalue weighted by molar-refractivity contribution is 7.79. The molecule has 1 aromatic rings. The summed E-state index contributed by atoms with van der Waals surface area (Å²) in [5, 5.41) is 3.45. The molecule has 0 amide bonds. The Morgan fingerprint density at radius 2 is 2.06 bits per heavy atom. The number of hydrogen-bond acceptors (Lipinski definition) is 2. The molecule has 0 bridgehead atoms. The predicted octanol–water partition coefficient (Wildman–Crippen LogP) is 2.52. The van der Waals surface area contributed by atoms with Crippen molar-refractivity contribution in [1.82, 2.24) is 10.3 Å². The molecule has 16 heavy (non-hydrogen) atoms. The Morgan fingerprint density at radius 3 is 2.81 bits per heavy atom. The molecule has 1 unspecified atom stereocenters. The van der Waals surface area contributed by atoms with Gasteiger partial charge in [0.2, 0.25) is 0 Å². The Balaban J connectivity index is 0.000000457. The second-order valence-corrected chi connectivity index (χ2v) is 4.60. The number of aromatic nitrogens is 1. The van der Waals surface area contributed by atoms with Gasteiger partial charge in [-0.15, -0.1) is 0 Å². The lowest BCUT2D eigenvalue weighted by Crippen LogP contribution is -2.09. The molecule has 90 valence electrons. The zero-order valence-corrected chi connectivity index (χ0v) is 10.9. The lowest BCUT2D eigenvalue weighted by atomic mass is 9.89. The molecule has 1 aliphatic heterocycles. The predicted molar refractivity (Wildman–Crippen MR) is 72.6 cm³/mol. The lowest BCUT2D eigenvalue weighted by molar-refractivity contribution is 0.662. The molecular formula is C13H22N2S. The van der Waals surface area contributed by atoms with Gasteiger partial charge in [-0.3, -0.25) is 0 Å². The van der Waals surface area contributed by atoms with Gasteiger partial charge in [-0.1, -0.05) is 0 Å². The number of nitrogens with one attached hydrogen (secondary N) is 2. The molecule has 2 aliphatic rings. The SMILES string of the molecule is CS.c1[nH]c2c(c1C1CCNC1)CCCC2. The number of aryl methyl sites for hydroxylation is 1. The average Bonchev–Trinajstić information content (AvgIpc) is 3.00. The van der Waals surface area contributed by atoms with Crippen LogP contribution < -0.4 is 5.32 Å². The van der Waals surface area contributed by atoms with Crippen molar-refractivity contribution in [3.8, 4) is 0 Å². The summed E-state index contributed by atoms with van der Waals surface area (Å²) in [5.74, 6) is 0.785. The van der Waals surface area contributed by atoms with Crippen molar-refractivity contribution < 1.29 is 0 Å². The van der Waals surface area contributed by atoms with Crippen molar-refractivity contribution in [2.75, 3.05) is 19.3 Å². The van der Waals surface area contributed by atoms with E-state index in [0.29, 0.717) is 0 Å². The van der Waals surface area contributed by atoms with E-state index in [9.17, 15) is 0 Å². The molecule has 0 radical (unpaired) electrons. The van der Waals surface area contributed by atoms with Gasteiger partial charge in [0, 0.05) is 18.4 Å². The van der Waals surface area contributed by atoms with Crippen molar-refractivity contribution >= 4 is 12.6 Å². The second kappa shape index (κ2) is 5.78. The third-order valence-corrected chi connectivity index (χ3v) is 3.72. The van der Waals surface area contributed by atoms with Crippen LogP contribution in [0.1, 0.15) is 42.0 Å². The molecule has 2 nitrogen and oxygen atoms in total. The number of thiol groups is 1. The monoisotopic (exact) mass is 238 g/mol. The largest absolute Gasteiger partial charge is 0.364 e. The van der Waals surface area contributed by atoms with Crippen LogP contribution in [0.25, 0.3) is 0 Å². The maximum atomic E-state index is 3.53.